The number of hydrogen-bond donors (Lipinski definition) is 2. The Kier molecular flexibility index (Phi) is 8.57. The lowest BCUT2D eigenvalue weighted by Crippen LogP contribution is -2.25. The summed E-state index contributed by atoms with van der Waals surface area (Å²) >= 11 is 0. The standard InChI is InChI=1S/C10H21NO3/c1-9(8-12)4-3-6-11-10(13)5-7-14-2/h9,12H,3-8H2,1-2H3,(H,11,13). The second-order valence-corrected chi connectivity index (χ2v) is 3.52. The summed E-state index contributed by atoms with van der Waals surface area (Å²) in [6.07, 6.45) is 2.29. The minimum Gasteiger partial charge on any atom is -0.396 e. The summed E-state index contributed by atoms with van der Waals surface area (Å²) in [6, 6.07) is 0. The molecule has 0 radical (unpaired) electrons. The Bertz CT molecular complexity index is 150. The van der Waals surface area contributed by atoms with Crippen LogP contribution < -0.4 is 5.32 Å². The first-order valence-corrected chi connectivity index (χ1v) is 5.07. The Balaban J connectivity index is 3.22. The van der Waals surface area contributed by atoms with Gasteiger partial charge < -0.3 is 15.2 Å². The predicted molar refractivity (Wildman–Crippen MR) is 55.0 cm³/mol. The Morgan fingerprint density at radius 2 is 2.29 bits per heavy atom. The molecule has 0 aromatic heterocycles. The van der Waals surface area contributed by atoms with Gasteiger partial charge in [-0.1, -0.05) is 6.92 Å². The average molecular weight is 203 g/mol. The molecule has 0 spiro atoms. The maximum atomic E-state index is 11.1. The van der Waals surface area contributed by atoms with Gasteiger partial charge in [0, 0.05) is 26.7 Å². The van der Waals surface area contributed by atoms with Crippen molar-refractivity contribution < 1.29 is 14.6 Å². The van der Waals surface area contributed by atoms with Crippen LogP contribution in [0.1, 0.15) is 26.2 Å². The molecule has 0 aromatic carbocycles. The maximum absolute atomic E-state index is 11.1. The lowest BCUT2D eigenvalue weighted by molar-refractivity contribution is -0.121. The van der Waals surface area contributed by atoms with E-state index in [1.54, 1.807) is 7.11 Å². The molecule has 0 aromatic rings. The van der Waals surface area contributed by atoms with Crippen LogP contribution in [0.5, 0.6) is 0 Å². The lowest BCUT2D eigenvalue weighted by atomic mass is 10.1. The molecule has 0 bridgehead atoms. The predicted octanol–water partition coefficient (Wildman–Crippen LogP) is 0.548. The summed E-state index contributed by atoms with van der Waals surface area (Å²) in [5.74, 6) is 0.356. The zero-order chi connectivity index (χ0) is 10.8. The second-order valence-electron chi connectivity index (χ2n) is 3.52. The average Bonchev–Trinajstić information content (AvgIpc) is 2.21. The SMILES string of the molecule is COCCC(=O)NCCCC(C)CO. The van der Waals surface area contributed by atoms with Gasteiger partial charge in [-0.2, -0.15) is 0 Å². The third-order valence-electron chi connectivity index (χ3n) is 2.04. The Morgan fingerprint density at radius 3 is 2.86 bits per heavy atom. The number of aliphatic hydroxyl groups is 1. The number of aliphatic hydroxyl groups excluding tert-OH is 1. The summed E-state index contributed by atoms with van der Waals surface area (Å²) < 4.78 is 4.78. The van der Waals surface area contributed by atoms with Gasteiger partial charge in [0.25, 0.3) is 0 Å². The first-order valence-electron chi connectivity index (χ1n) is 5.07. The van der Waals surface area contributed by atoms with Crippen LogP contribution in [0, 0.1) is 5.92 Å². The van der Waals surface area contributed by atoms with E-state index in [9.17, 15) is 4.79 Å². The molecule has 2 N–H and O–H groups in total. The van der Waals surface area contributed by atoms with Gasteiger partial charge in [0.05, 0.1) is 6.61 Å². The fraction of sp³-hybridized carbons (Fsp3) is 0.900. The van der Waals surface area contributed by atoms with E-state index in [0.717, 1.165) is 12.8 Å². The topological polar surface area (TPSA) is 58.6 Å². The van der Waals surface area contributed by atoms with Crippen LogP contribution in [0.15, 0.2) is 0 Å². The van der Waals surface area contributed by atoms with E-state index >= 15 is 0 Å². The molecule has 1 atom stereocenters. The molecule has 0 saturated carbocycles. The zero-order valence-corrected chi connectivity index (χ0v) is 9.08. The molecular weight excluding hydrogens is 182 g/mol. The number of carbonyl (C=O) groups is 1. The highest BCUT2D eigenvalue weighted by molar-refractivity contribution is 5.75. The highest BCUT2D eigenvalue weighted by Crippen LogP contribution is 2.02. The minimum absolute atomic E-state index is 0.0310. The van der Waals surface area contributed by atoms with Crippen molar-refractivity contribution in [1.82, 2.24) is 5.32 Å². The Hall–Kier alpha value is -0.610. The molecule has 84 valence electrons. The highest BCUT2D eigenvalue weighted by Gasteiger charge is 2.01. The number of rotatable bonds is 8. The van der Waals surface area contributed by atoms with Crippen molar-refractivity contribution in [3.05, 3.63) is 0 Å². The fourth-order valence-electron chi connectivity index (χ4n) is 1.05. The molecule has 1 amide bonds. The second kappa shape index (κ2) is 8.97. The molecule has 0 fully saturated rings. The van der Waals surface area contributed by atoms with Gasteiger partial charge >= 0.3 is 0 Å². The number of ether oxygens (including phenoxy) is 1. The third-order valence-corrected chi connectivity index (χ3v) is 2.04. The smallest absolute Gasteiger partial charge is 0.222 e. The van der Waals surface area contributed by atoms with Crippen LogP contribution in [0.4, 0.5) is 0 Å². The molecule has 0 aliphatic rings. The van der Waals surface area contributed by atoms with Gasteiger partial charge in [-0.3, -0.25) is 4.79 Å². The summed E-state index contributed by atoms with van der Waals surface area (Å²) in [6.45, 7) is 3.37. The van der Waals surface area contributed by atoms with Crippen molar-refractivity contribution in [3.63, 3.8) is 0 Å². The molecule has 4 heteroatoms. The normalized spacial score (nSPS) is 12.5. The van der Waals surface area contributed by atoms with Gasteiger partial charge in [-0.15, -0.1) is 0 Å². The van der Waals surface area contributed by atoms with Crippen LogP contribution in [0.25, 0.3) is 0 Å². The van der Waals surface area contributed by atoms with Gasteiger partial charge in [0.1, 0.15) is 0 Å². The first-order chi connectivity index (χ1) is 6.70. The van der Waals surface area contributed by atoms with Gasteiger partial charge in [0.2, 0.25) is 5.91 Å². The summed E-state index contributed by atoms with van der Waals surface area (Å²) in [4.78, 5) is 11.1. The van der Waals surface area contributed by atoms with Crippen LogP contribution in [-0.2, 0) is 9.53 Å². The summed E-state index contributed by atoms with van der Waals surface area (Å²) in [5, 5.41) is 11.6. The van der Waals surface area contributed by atoms with Crippen molar-refractivity contribution in [2.24, 2.45) is 5.92 Å². The van der Waals surface area contributed by atoms with E-state index in [1.165, 1.54) is 0 Å². The number of carbonyl (C=O) groups excluding carboxylic acids is 1. The zero-order valence-electron chi connectivity index (χ0n) is 9.08. The van der Waals surface area contributed by atoms with Gasteiger partial charge in [-0.05, 0) is 18.8 Å². The largest absolute Gasteiger partial charge is 0.396 e. The third kappa shape index (κ3) is 8.01. The van der Waals surface area contributed by atoms with Crippen molar-refractivity contribution >= 4 is 5.91 Å². The van der Waals surface area contributed by atoms with E-state index in [2.05, 4.69) is 5.32 Å². The van der Waals surface area contributed by atoms with Crippen molar-refractivity contribution in [2.75, 3.05) is 26.9 Å². The molecule has 0 rings (SSSR count). The van der Waals surface area contributed by atoms with Crippen molar-refractivity contribution in [1.29, 1.82) is 0 Å². The highest BCUT2D eigenvalue weighted by atomic mass is 16.5. The maximum Gasteiger partial charge on any atom is 0.222 e. The van der Waals surface area contributed by atoms with Crippen LogP contribution >= 0.6 is 0 Å². The van der Waals surface area contributed by atoms with Crippen LogP contribution in [-0.4, -0.2) is 37.9 Å². The Labute approximate surface area is 85.6 Å². The van der Waals surface area contributed by atoms with Crippen molar-refractivity contribution in [3.8, 4) is 0 Å². The number of nitrogens with one attached hydrogen (secondary N) is 1. The van der Waals surface area contributed by atoms with E-state index < -0.39 is 0 Å². The molecule has 0 heterocycles. The first kappa shape index (κ1) is 13.4. The molecule has 4 nitrogen and oxygen atoms in total. The van der Waals surface area contributed by atoms with Gasteiger partial charge in [-0.25, -0.2) is 0 Å². The quantitative estimate of drug-likeness (QED) is 0.566. The number of amides is 1. The van der Waals surface area contributed by atoms with E-state index in [-0.39, 0.29) is 12.5 Å². The molecule has 0 saturated heterocycles. The minimum atomic E-state index is 0.0310. The molecule has 0 aliphatic heterocycles. The lowest BCUT2D eigenvalue weighted by Gasteiger charge is -2.08. The summed E-state index contributed by atoms with van der Waals surface area (Å²) in [5.41, 5.74) is 0. The van der Waals surface area contributed by atoms with Crippen LogP contribution in [0.2, 0.25) is 0 Å². The number of methoxy groups -OCH3 is 1. The van der Waals surface area contributed by atoms with E-state index in [4.69, 9.17) is 9.84 Å². The van der Waals surface area contributed by atoms with Crippen molar-refractivity contribution in [2.45, 2.75) is 26.2 Å². The Morgan fingerprint density at radius 1 is 1.57 bits per heavy atom. The summed E-state index contributed by atoms with van der Waals surface area (Å²) in [7, 11) is 1.58. The molecule has 0 aliphatic carbocycles. The van der Waals surface area contributed by atoms with Crippen LogP contribution in [0.3, 0.4) is 0 Å². The molecule has 1 unspecified atom stereocenters. The van der Waals surface area contributed by atoms with E-state index in [1.807, 2.05) is 6.92 Å². The molecule has 14 heavy (non-hydrogen) atoms. The fourth-order valence-corrected chi connectivity index (χ4v) is 1.05. The van der Waals surface area contributed by atoms with Gasteiger partial charge in [0.15, 0.2) is 0 Å². The molecular formula is C10H21NO3. The number of hydrogen-bond acceptors (Lipinski definition) is 3. The van der Waals surface area contributed by atoms with E-state index in [0.29, 0.717) is 25.5 Å². The monoisotopic (exact) mass is 203 g/mol.